The van der Waals surface area contributed by atoms with Crippen LogP contribution in [0.15, 0.2) is 30.2 Å². The second kappa shape index (κ2) is 5.96. The molecule has 0 radical (unpaired) electrons. The molecule has 0 heterocycles. The largest absolute Gasteiger partial charge is 0.573 e. The highest BCUT2D eigenvalue weighted by Gasteiger charge is 2.31. The molecule has 0 unspecified atom stereocenters. The van der Waals surface area contributed by atoms with Crippen LogP contribution in [0.3, 0.4) is 0 Å². The van der Waals surface area contributed by atoms with Gasteiger partial charge in [-0.25, -0.2) is 5.84 Å². The number of carbonyl (C=O) groups is 1. The molecule has 0 saturated carbocycles. The molecule has 1 rings (SSSR count). The summed E-state index contributed by atoms with van der Waals surface area (Å²) in [7, 11) is 0. The maximum Gasteiger partial charge on any atom is 0.573 e. The van der Waals surface area contributed by atoms with Crippen LogP contribution in [0.2, 0.25) is 0 Å². The number of hydrogen-bond donors (Lipinski definition) is 4. The number of ether oxygens (including phenoxy) is 1. The first-order valence-electron chi connectivity index (χ1n) is 4.89. The molecule has 0 spiro atoms. The van der Waals surface area contributed by atoms with Crippen molar-refractivity contribution in [3.63, 3.8) is 0 Å². The first kappa shape index (κ1) is 14.6. The van der Waals surface area contributed by atoms with Crippen LogP contribution in [0.1, 0.15) is 10.4 Å². The average molecular weight is 276 g/mol. The molecule has 0 aromatic heterocycles. The van der Waals surface area contributed by atoms with Gasteiger partial charge in [-0.1, -0.05) is 0 Å². The fourth-order valence-electron chi connectivity index (χ4n) is 1.24. The number of hydrazine groups is 1. The normalized spacial score (nSPS) is 11.9. The van der Waals surface area contributed by atoms with Crippen molar-refractivity contribution in [2.24, 2.45) is 11.6 Å². The van der Waals surface area contributed by atoms with Gasteiger partial charge in [0.2, 0.25) is 0 Å². The molecule has 9 heteroatoms. The van der Waals surface area contributed by atoms with Crippen LogP contribution in [0, 0.1) is 0 Å². The van der Waals surface area contributed by atoms with E-state index in [1.807, 2.05) is 0 Å². The molecule has 0 fully saturated rings. The summed E-state index contributed by atoms with van der Waals surface area (Å²) < 4.78 is 40.1. The third-order valence-corrected chi connectivity index (χ3v) is 1.90. The number of alkyl halides is 3. The molecule has 6 nitrogen and oxygen atoms in total. The Bertz CT molecular complexity index is 488. The summed E-state index contributed by atoms with van der Waals surface area (Å²) in [5.74, 6) is 4.71. The lowest BCUT2D eigenvalue weighted by molar-refractivity contribution is -0.274. The summed E-state index contributed by atoms with van der Waals surface area (Å²) in [6, 6.07) is 3.30. The van der Waals surface area contributed by atoms with E-state index in [1.165, 1.54) is 6.07 Å². The van der Waals surface area contributed by atoms with Crippen LogP contribution in [0.4, 0.5) is 18.9 Å². The quantitative estimate of drug-likeness (QED) is 0.364. The Morgan fingerprint density at radius 1 is 1.32 bits per heavy atom. The molecule has 0 aliphatic heterocycles. The first-order chi connectivity index (χ1) is 8.87. The summed E-state index contributed by atoms with van der Waals surface area (Å²) in [5.41, 5.74) is 7.52. The number of rotatable bonds is 5. The highest BCUT2D eigenvalue weighted by molar-refractivity contribution is 5.78. The Labute approximate surface area is 106 Å². The molecule has 1 aromatic carbocycles. The number of aldehydes is 1. The minimum atomic E-state index is -4.85. The van der Waals surface area contributed by atoms with E-state index in [4.69, 9.17) is 11.6 Å². The number of carbonyl (C=O) groups excluding carboxylic acids is 1. The molecule has 104 valence electrons. The lowest BCUT2D eigenvalue weighted by Crippen LogP contribution is -2.27. The van der Waals surface area contributed by atoms with Gasteiger partial charge >= 0.3 is 6.36 Å². The van der Waals surface area contributed by atoms with Crippen LogP contribution in [-0.4, -0.2) is 12.6 Å². The van der Waals surface area contributed by atoms with Crippen molar-refractivity contribution in [2.75, 3.05) is 5.32 Å². The number of nitrogens with two attached hydrogens (primary N) is 2. The summed E-state index contributed by atoms with van der Waals surface area (Å²) in [5, 5.41) is 2.57. The summed E-state index contributed by atoms with van der Waals surface area (Å²) in [4.78, 5) is 10.7. The van der Waals surface area contributed by atoms with E-state index in [0.717, 1.165) is 18.3 Å². The zero-order chi connectivity index (χ0) is 14.5. The molecule has 6 N–H and O–H groups in total. The molecular weight excluding hydrogens is 265 g/mol. The predicted octanol–water partition coefficient (Wildman–Crippen LogP) is 1.03. The summed E-state index contributed by atoms with van der Waals surface area (Å²) in [6.45, 7) is 0. The van der Waals surface area contributed by atoms with Crippen molar-refractivity contribution in [3.8, 4) is 5.75 Å². The van der Waals surface area contributed by atoms with E-state index in [1.54, 1.807) is 0 Å². The van der Waals surface area contributed by atoms with Crippen LogP contribution in [0.5, 0.6) is 5.75 Å². The van der Waals surface area contributed by atoms with E-state index in [-0.39, 0.29) is 17.1 Å². The predicted molar refractivity (Wildman–Crippen MR) is 61.7 cm³/mol. The topological polar surface area (TPSA) is 102 Å². The third kappa shape index (κ3) is 4.76. The van der Waals surface area contributed by atoms with Crippen LogP contribution in [0.25, 0.3) is 0 Å². The first-order valence-corrected chi connectivity index (χ1v) is 4.89. The zero-order valence-electron chi connectivity index (χ0n) is 9.49. The minimum absolute atomic E-state index is 0.00218. The fraction of sp³-hybridized carbons (Fsp3) is 0.100. The van der Waals surface area contributed by atoms with Crippen molar-refractivity contribution in [1.29, 1.82) is 0 Å². The van der Waals surface area contributed by atoms with Crippen LogP contribution < -0.4 is 27.1 Å². The number of benzene rings is 1. The van der Waals surface area contributed by atoms with Gasteiger partial charge in [0.25, 0.3) is 0 Å². The van der Waals surface area contributed by atoms with Gasteiger partial charge in [0, 0.05) is 23.5 Å². The SMILES string of the molecule is N/C=C(\NN)Nc1cc(C=O)cc(OC(F)(F)F)c1. The van der Waals surface area contributed by atoms with Gasteiger partial charge in [0.05, 0.1) is 0 Å². The summed E-state index contributed by atoms with van der Waals surface area (Å²) in [6.07, 6.45) is -3.40. The van der Waals surface area contributed by atoms with Crippen molar-refractivity contribution in [1.82, 2.24) is 5.43 Å². The second-order valence-electron chi connectivity index (χ2n) is 3.31. The van der Waals surface area contributed by atoms with Gasteiger partial charge in [-0.05, 0) is 12.1 Å². The molecule has 0 atom stereocenters. The Morgan fingerprint density at radius 3 is 2.47 bits per heavy atom. The number of hydrogen-bond acceptors (Lipinski definition) is 6. The average Bonchev–Trinajstić information content (AvgIpc) is 2.33. The molecule has 0 bridgehead atoms. The number of nitrogens with one attached hydrogen (secondary N) is 2. The molecule has 1 aromatic rings. The van der Waals surface area contributed by atoms with E-state index >= 15 is 0 Å². The number of halogens is 3. The second-order valence-corrected chi connectivity index (χ2v) is 3.31. The van der Waals surface area contributed by atoms with Crippen molar-refractivity contribution >= 4 is 12.0 Å². The van der Waals surface area contributed by atoms with Gasteiger partial charge in [-0.3, -0.25) is 4.79 Å². The lowest BCUT2D eigenvalue weighted by atomic mass is 10.2. The van der Waals surface area contributed by atoms with E-state index in [0.29, 0.717) is 6.29 Å². The van der Waals surface area contributed by atoms with Crippen molar-refractivity contribution in [3.05, 3.63) is 35.8 Å². The van der Waals surface area contributed by atoms with Crippen LogP contribution >= 0.6 is 0 Å². The lowest BCUT2D eigenvalue weighted by Gasteiger charge is -2.13. The minimum Gasteiger partial charge on any atom is -0.406 e. The maximum atomic E-state index is 12.1. The Balaban J connectivity index is 3.05. The van der Waals surface area contributed by atoms with Crippen LogP contribution in [-0.2, 0) is 0 Å². The monoisotopic (exact) mass is 276 g/mol. The van der Waals surface area contributed by atoms with Gasteiger partial charge in [0.1, 0.15) is 17.9 Å². The van der Waals surface area contributed by atoms with E-state index < -0.39 is 12.1 Å². The van der Waals surface area contributed by atoms with E-state index in [9.17, 15) is 18.0 Å². The standard InChI is InChI=1S/C10H11F3N4O2/c11-10(12,13)19-8-2-6(5-18)1-7(3-8)16-9(4-14)17-15/h1-5,16-17H,14-15H2/b9-4-. The van der Waals surface area contributed by atoms with Gasteiger partial charge in [-0.2, -0.15) is 0 Å². The number of anilines is 1. The van der Waals surface area contributed by atoms with E-state index in [2.05, 4.69) is 15.5 Å². The highest BCUT2D eigenvalue weighted by Crippen LogP contribution is 2.27. The molecule has 0 aliphatic carbocycles. The van der Waals surface area contributed by atoms with Gasteiger partial charge < -0.3 is 21.2 Å². The molecule has 0 amide bonds. The zero-order valence-corrected chi connectivity index (χ0v) is 9.49. The smallest absolute Gasteiger partial charge is 0.406 e. The molecular formula is C10H11F3N4O2. The highest BCUT2D eigenvalue weighted by atomic mass is 19.4. The van der Waals surface area contributed by atoms with Gasteiger partial charge in [0.15, 0.2) is 0 Å². The van der Waals surface area contributed by atoms with Crippen molar-refractivity contribution in [2.45, 2.75) is 6.36 Å². The molecule has 0 aliphatic rings. The Kier molecular flexibility index (Phi) is 4.59. The third-order valence-electron chi connectivity index (χ3n) is 1.90. The fourth-order valence-corrected chi connectivity index (χ4v) is 1.24. The Hall–Kier alpha value is -2.42. The van der Waals surface area contributed by atoms with Crippen molar-refractivity contribution < 1.29 is 22.7 Å². The maximum absolute atomic E-state index is 12.1. The molecule has 0 saturated heterocycles. The summed E-state index contributed by atoms with van der Waals surface area (Å²) >= 11 is 0. The Morgan fingerprint density at radius 2 is 2.00 bits per heavy atom. The van der Waals surface area contributed by atoms with Gasteiger partial charge in [-0.15, -0.1) is 13.2 Å². The molecule has 19 heavy (non-hydrogen) atoms.